The number of carboxylic acid groups (broad SMARTS) is 1. The summed E-state index contributed by atoms with van der Waals surface area (Å²) in [7, 11) is -3.31. The van der Waals surface area contributed by atoms with Crippen molar-refractivity contribution in [2.45, 2.75) is 25.2 Å². The Hall–Kier alpha value is -3.30. The molecule has 2 aromatic carbocycles. The van der Waals surface area contributed by atoms with Gasteiger partial charge in [-0.05, 0) is 35.8 Å². The topological polar surface area (TPSA) is 113 Å². The highest BCUT2D eigenvalue weighted by Crippen LogP contribution is 2.39. The monoisotopic (exact) mass is 470 g/mol. The number of aliphatic carboxylic acids is 1. The summed E-state index contributed by atoms with van der Waals surface area (Å²) in [5.41, 5.74) is 3.25. The van der Waals surface area contributed by atoms with Crippen molar-refractivity contribution in [3.8, 4) is 21.7 Å². The Bertz CT molecular complexity index is 1290. The van der Waals surface area contributed by atoms with Gasteiger partial charge in [-0.2, -0.15) is 0 Å². The number of anilines is 1. The van der Waals surface area contributed by atoms with Gasteiger partial charge in [0.05, 0.1) is 15.5 Å². The Morgan fingerprint density at radius 1 is 1.06 bits per heavy atom. The Morgan fingerprint density at radius 2 is 1.66 bits per heavy atom. The van der Waals surface area contributed by atoms with Crippen LogP contribution in [0, 0.1) is 0 Å². The molecule has 0 fully saturated rings. The van der Waals surface area contributed by atoms with Crippen LogP contribution in [-0.4, -0.2) is 36.6 Å². The van der Waals surface area contributed by atoms with E-state index in [0.717, 1.165) is 27.8 Å². The van der Waals surface area contributed by atoms with E-state index in [1.54, 1.807) is 25.1 Å². The number of hydrogen-bond donors (Lipinski definition) is 2. The number of thiazole rings is 1. The van der Waals surface area contributed by atoms with Gasteiger partial charge in [-0.3, -0.25) is 4.79 Å². The molecule has 2 N–H and O–H groups in total. The fourth-order valence-electron chi connectivity index (χ4n) is 3.02. The molecule has 0 spiro atoms. The van der Waals surface area contributed by atoms with Gasteiger partial charge in [0.1, 0.15) is 0 Å². The summed E-state index contributed by atoms with van der Waals surface area (Å²) in [6.45, 7) is 3.19. The molecule has 9 heteroatoms. The number of benzene rings is 2. The molecule has 0 atom stereocenters. The zero-order chi connectivity index (χ0) is 23.5. The highest BCUT2D eigenvalue weighted by atomic mass is 32.2. The van der Waals surface area contributed by atoms with E-state index >= 15 is 0 Å². The first-order valence-electron chi connectivity index (χ1n) is 9.71. The van der Waals surface area contributed by atoms with E-state index < -0.39 is 15.8 Å². The molecule has 0 aliphatic carbocycles. The zero-order valence-electron chi connectivity index (χ0n) is 17.7. The SMILES string of the molecule is CC/C(=C\c1ccc(-c2nc(NC(C)=O)sc2-c2ccc(S(C)(=O)=O)cc2)cc1)C(=O)O. The lowest BCUT2D eigenvalue weighted by Crippen LogP contribution is -2.04. The Morgan fingerprint density at radius 3 is 2.16 bits per heavy atom. The molecular formula is C23H22N2O5S2. The molecule has 32 heavy (non-hydrogen) atoms. The van der Waals surface area contributed by atoms with Crippen LogP contribution in [0.25, 0.3) is 27.8 Å². The highest BCUT2D eigenvalue weighted by Gasteiger charge is 2.17. The van der Waals surface area contributed by atoms with Crippen LogP contribution in [0.2, 0.25) is 0 Å². The number of amides is 1. The van der Waals surface area contributed by atoms with Crippen molar-refractivity contribution < 1.29 is 23.1 Å². The molecule has 3 aromatic rings. The van der Waals surface area contributed by atoms with Crippen LogP contribution in [0.15, 0.2) is 59.0 Å². The normalized spacial score (nSPS) is 11.9. The number of carbonyl (C=O) groups is 2. The maximum absolute atomic E-state index is 11.8. The number of hydrogen-bond acceptors (Lipinski definition) is 6. The Labute approximate surface area is 190 Å². The minimum absolute atomic E-state index is 0.218. The average molecular weight is 471 g/mol. The van der Waals surface area contributed by atoms with Crippen molar-refractivity contribution in [3.63, 3.8) is 0 Å². The maximum Gasteiger partial charge on any atom is 0.331 e. The molecule has 1 amide bonds. The van der Waals surface area contributed by atoms with Crippen molar-refractivity contribution in [2.75, 3.05) is 11.6 Å². The number of sulfone groups is 1. The molecule has 1 aromatic heterocycles. The highest BCUT2D eigenvalue weighted by molar-refractivity contribution is 7.90. The third-order valence-corrected chi connectivity index (χ3v) is 6.78. The van der Waals surface area contributed by atoms with Crippen LogP contribution in [-0.2, 0) is 19.4 Å². The third kappa shape index (κ3) is 5.49. The van der Waals surface area contributed by atoms with E-state index in [9.17, 15) is 23.1 Å². The summed E-state index contributed by atoms with van der Waals surface area (Å²) >= 11 is 1.29. The van der Waals surface area contributed by atoms with Gasteiger partial charge in [0.2, 0.25) is 5.91 Å². The van der Waals surface area contributed by atoms with Gasteiger partial charge in [0.25, 0.3) is 0 Å². The molecule has 0 unspecified atom stereocenters. The minimum Gasteiger partial charge on any atom is -0.478 e. The molecule has 0 aliphatic rings. The molecule has 166 valence electrons. The third-order valence-electron chi connectivity index (χ3n) is 4.64. The molecule has 0 aliphatic heterocycles. The summed E-state index contributed by atoms with van der Waals surface area (Å²) in [5.74, 6) is -1.19. The predicted molar refractivity (Wildman–Crippen MR) is 126 cm³/mol. The summed E-state index contributed by atoms with van der Waals surface area (Å²) in [6, 6.07) is 13.8. The second kappa shape index (κ2) is 9.46. The van der Waals surface area contributed by atoms with Crippen molar-refractivity contribution in [1.29, 1.82) is 0 Å². The summed E-state index contributed by atoms with van der Waals surface area (Å²) in [4.78, 5) is 28.3. The lowest BCUT2D eigenvalue weighted by molar-refractivity contribution is -0.132. The number of aromatic nitrogens is 1. The predicted octanol–water partition coefficient (Wildman–Crippen LogP) is 4.72. The van der Waals surface area contributed by atoms with Crippen LogP contribution in [0.3, 0.4) is 0 Å². The van der Waals surface area contributed by atoms with Crippen LogP contribution >= 0.6 is 11.3 Å². The van der Waals surface area contributed by atoms with Gasteiger partial charge in [0.15, 0.2) is 15.0 Å². The fraction of sp³-hybridized carbons (Fsp3) is 0.174. The van der Waals surface area contributed by atoms with E-state index in [0.29, 0.717) is 22.8 Å². The van der Waals surface area contributed by atoms with E-state index in [2.05, 4.69) is 10.3 Å². The molecule has 1 heterocycles. The standard InChI is InChI=1S/C23H22N2O5S2/c1-4-16(22(27)28)13-15-5-7-17(8-6-15)20-21(31-23(25-20)24-14(2)26)18-9-11-19(12-10-18)32(3,29)30/h5-13H,4H2,1-3H3,(H,27,28)(H,24,25,26)/b16-13+. The fourth-order valence-corrected chi connectivity index (χ4v) is 4.69. The Kier molecular flexibility index (Phi) is 6.90. The second-order valence-electron chi connectivity index (χ2n) is 7.12. The van der Waals surface area contributed by atoms with Gasteiger partial charge in [-0.1, -0.05) is 54.7 Å². The van der Waals surface area contributed by atoms with Gasteiger partial charge in [0, 0.05) is 24.3 Å². The molecule has 3 rings (SSSR count). The Balaban J connectivity index is 2.05. The van der Waals surface area contributed by atoms with Gasteiger partial charge < -0.3 is 10.4 Å². The van der Waals surface area contributed by atoms with Gasteiger partial charge >= 0.3 is 5.97 Å². The van der Waals surface area contributed by atoms with Gasteiger partial charge in [-0.15, -0.1) is 0 Å². The molecule has 0 saturated heterocycles. The van der Waals surface area contributed by atoms with E-state index in [4.69, 9.17) is 0 Å². The summed E-state index contributed by atoms with van der Waals surface area (Å²) in [5, 5.41) is 12.3. The molecule has 0 bridgehead atoms. The smallest absolute Gasteiger partial charge is 0.331 e. The quantitative estimate of drug-likeness (QED) is 0.483. The summed E-state index contributed by atoms with van der Waals surface area (Å²) < 4.78 is 23.5. The van der Waals surface area contributed by atoms with Gasteiger partial charge in [-0.25, -0.2) is 18.2 Å². The van der Waals surface area contributed by atoms with Crippen LogP contribution in [0.4, 0.5) is 5.13 Å². The molecular weight excluding hydrogens is 448 g/mol. The van der Waals surface area contributed by atoms with Crippen molar-refractivity contribution in [3.05, 3.63) is 59.7 Å². The van der Waals surface area contributed by atoms with Crippen LogP contribution < -0.4 is 5.32 Å². The maximum atomic E-state index is 11.8. The largest absolute Gasteiger partial charge is 0.478 e. The average Bonchev–Trinajstić information content (AvgIpc) is 3.14. The first kappa shape index (κ1) is 23.4. The van der Waals surface area contributed by atoms with Crippen molar-refractivity contribution in [2.24, 2.45) is 0 Å². The van der Waals surface area contributed by atoms with E-state index in [-0.39, 0.29) is 10.8 Å². The van der Waals surface area contributed by atoms with Crippen molar-refractivity contribution >= 4 is 44.3 Å². The van der Waals surface area contributed by atoms with Crippen LogP contribution in [0.5, 0.6) is 0 Å². The molecule has 7 nitrogen and oxygen atoms in total. The number of carbonyl (C=O) groups excluding carboxylic acids is 1. The number of nitrogens with one attached hydrogen (secondary N) is 1. The number of carboxylic acids is 1. The van der Waals surface area contributed by atoms with Crippen molar-refractivity contribution in [1.82, 2.24) is 4.98 Å². The minimum atomic E-state index is -3.31. The lowest BCUT2D eigenvalue weighted by Gasteiger charge is -2.05. The van der Waals surface area contributed by atoms with E-state index in [1.807, 2.05) is 24.3 Å². The zero-order valence-corrected chi connectivity index (χ0v) is 19.4. The first-order valence-corrected chi connectivity index (χ1v) is 12.4. The lowest BCUT2D eigenvalue weighted by atomic mass is 10.0. The number of nitrogens with zero attached hydrogens (tertiary/aromatic N) is 1. The first-order chi connectivity index (χ1) is 15.1. The summed E-state index contributed by atoms with van der Waals surface area (Å²) in [6.07, 6.45) is 3.19. The molecule has 0 saturated carbocycles. The van der Waals surface area contributed by atoms with E-state index in [1.165, 1.54) is 30.4 Å². The van der Waals surface area contributed by atoms with Crippen LogP contribution in [0.1, 0.15) is 25.8 Å². The number of rotatable bonds is 7. The second-order valence-corrected chi connectivity index (χ2v) is 10.1. The molecule has 0 radical (unpaired) electrons.